The first-order valence-electron chi connectivity index (χ1n) is 7.36. The summed E-state index contributed by atoms with van der Waals surface area (Å²) >= 11 is 0. The van der Waals surface area contributed by atoms with Crippen LogP contribution in [-0.2, 0) is 16.6 Å². The Morgan fingerprint density at radius 3 is 2.90 bits per heavy atom. The number of hydrogen-bond donors (Lipinski definition) is 2. The Kier molecular flexibility index (Phi) is 4.88. The molecule has 114 valence electrons. The summed E-state index contributed by atoms with van der Waals surface area (Å²) in [5, 5.41) is 3.19. The highest BCUT2D eigenvalue weighted by Gasteiger charge is 2.34. The molecule has 0 spiro atoms. The van der Waals surface area contributed by atoms with Gasteiger partial charge in [0.15, 0.2) is 0 Å². The van der Waals surface area contributed by atoms with Crippen LogP contribution in [0.15, 0.2) is 17.2 Å². The van der Waals surface area contributed by atoms with Crippen LogP contribution in [0.25, 0.3) is 0 Å². The molecule has 2 atom stereocenters. The number of nitrogens with one attached hydrogen (secondary N) is 2. The highest BCUT2D eigenvalue weighted by atomic mass is 32.2. The van der Waals surface area contributed by atoms with Gasteiger partial charge in [-0.2, -0.15) is 4.31 Å². The van der Waals surface area contributed by atoms with E-state index >= 15 is 0 Å². The Morgan fingerprint density at radius 1 is 1.45 bits per heavy atom. The lowest BCUT2D eigenvalue weighted by Gasteiger charge is -2.36. The van der Waals surface area contributed by atoms with Crippen LogP contribution in [0, 0.1) is 5.92 Å². The zero-order valence-electron chi connectivity index (χ0n) is 12.5. The van der Waals surface area contributed by atoms with E-state index in [1.54, 1.807) is 16.6 Å². The van der Waals surface area contributed by atoms with Gasteiger partial charge in [-0.3, -0.25) is 0 Å². The second-order valence-electron chi connectivity index (χ2n) is 5.62. The third-order valence-electron chi connectivity index (χ3n) is 4.20. The molecule has 5 nitrogen and oxygen atoms in total. The van der Waals surface area contributed by atoms with Crippen molar-refractivity contribution in [3.63, 3.8) is 0 Å². The van der Waals surface area contributed by atoms with Crippen LogP contribution in [0.2, 0.25) is 0 Å². The zero-order chi connectivity index (χ0) is 14.8. The van der Waals surface area contributed by atoms with Gasteiger partial charge in [-0.25, -0.2) is 8.42 Å². The smallest absolute Gasteiger partial charge is 0.244 e. The first kappa shape index (κ1) is 15.5. The monoisotopic (exact) mass is 299 g/mol. The lowest BCUT2D eigenvalue weighted by molar-refractivity contribution is 0.202. The minimum Gasteiger partial charge on any atom is -0.363 e. The number of hydrogen-bond acceptors (Lipinski definition) is 3. The fraction of sp³-hybridized carbons (Fsp3) is 0.714. The van der Waals surface area contributed by atoms with Gasteiger partial charge in [-0.1, -0.05) is 13.8 Å². The Morgan fingerprint density at radius 2 is 2.20 bits per heavy atom. The summed E-state index contributed by atoms with van der Waals surface area (Å²) in [6, 6.07) is 1.81. The predicted octanol–water partition coefficient (Wildman–Crippen LogP) is 1.93. The van der Waals surface area contributed by atoms with Gasteiger partial charge in [-0.05, 0) is 38.3 Å². The molecule has 0 bridgehead atoms. The zero-order valence-corrected chi connectivity index (χ0v) is 13.3. The molecular weight excluding hydrogens is 274 g/mol. The van der Waals surface area contributed by atoms with Gasteiger partial charge in [-0.15, -0.1) is 0 Å². The SMILES string of the molecule is CCNCc1cc(S(=O)(=O)N2CCCC(C)C2C)c[nH]1. The van der Waals surface area contributed by atoms with Crippen molar-refractivity contribution in [2.75, 3.05) is 13.1 Å². The Balaban J connectivity index is 2.19. The van der Waals surface area contributed by atoms with Gasteiger partial charge >= 0.3 is 0 Å². The van der Waals surface area contributed by atoms with E-state index in [2.05, 4.69) is 17.2 Å². The molecule has 0 aliphatic carbocycles. The highest BCUT2D eigenvalue weighted by molar-refractivity contribution is 7.89. The summed E-state index contributed by atoms with van der Waals surface area (Å²) in [5.41, 5.74) is 0.906. The molecule has 20 heavy (non-hydrogen) atoms. The molecule has 1 aliphatic heterocycles. The molecule has 1 aliphatic rings. The van der Waals surface area contributed by atoms with Crippen molar-refractivity contribution < 1.29 is 8.42 Å². The molecule has 1 saturated heterocycles. The Labute approximate surface area is 121 Å². The van der Waals surface area contributed by atoms with Crippen LogP contribution in [0.4, 0.5) is 0 Å². The van der Waals surface area contributed by atoms with Crippen LogP contribution >= 0.6 is 0 Å². The maximum atomic E-state index is 12.7. The number of rotatable bonds is 5. The standard InChI is InChI=1S/C14H25N3O2S/c1-4-15-9-13-8-14(10-16-13)20(18,19)17-7-5-6-11(2)12(17)3/h8,10-12,15-16H,4-7,9H2,1-3H3. The Bertz CT molecular complexity index is 538. The average Bonchev–Trinajstić information content (AvgIpc) is 2.89. The normalized spacial score (nSPS) is 24.9. The number of aromatic nitrogens is 1. The molecule has 0 saturated carbocycles. The summed E-state index contributed by atoms with van der Waals surface area (Å²) in [4.78, 5) is 3.42. The summed E-state index contributed by atoms with van der Waals surface area (Å²) in [7, 11) is -3.37. The number of piperidine rings is 1. The summed E-state index contributed by atoms with van der Waals surface area (Å²) in [6.07, 6.45) is 3.65. The first-order chi connectivity index (χ1) is 9.46. The van der Waals surface area contributed by atoms with Gasteiger partial charge in [0.25, 0.3) is 0 Å². The van der Waals surface area contributed by atoms with E-state index in [1.165, 1.54) is 0 Å². The second-order valence-corrected chi connectivity index (χ2v) is 7.51. The average molecular weight is 299 g/mol. The molecule has 2 unspecified atom stereocenters. The lowest BCUT2D eigenvalue weighted by Crippen LogP contribution is -2.45. The Hall–Kier alpha value is -0.850. The molecule has 2 N–H and O–H groups in total. The first-order valence-corrected chi connectivity index (χ1v) is 8.80. The van der Waals surface area contributed by atoms with E-state index < -0.39 is 10.0 Å². The molecule has 2 rings (SSSR count). The maximum Gasteiger partial charge on any atom is 0.244 e. The van der Waals surface area contributed by atoms with Crippen LogP contribution in [0.5, 0.6) is 0 Å². The van der Waals surface area contributed by atoms with Gasteiger partial charge < -0.3 is 10.3 Å². The van der Waals surface area contributed by atoms with Crippen molar-refractivity contribution in [3.8, 4) is 0 Å². The molecule has 1 aromatic rings. The second kappa shape index (κ2) is 6.28. The van der Waals surface area contributed by atoms with E-state index in [4.69, 9.17) is 0 Å². The minimum absolute atomic E-state index is 0.0702. The topological polar surface area (TPSA) is 65.2 Å². The lowest BCUT2D eigenvalue weighted by atomic mass is 9.94. The summed E-state index contributed by atoms with van der Waals surface area (Å²) in [5.74, 6) is 0.415. The number of nitrogens with zero attached hydrogens (tertiary/aromatic N) is 1. The van der Waals surface area contributed by atoms with Crippen molar-refractivity contribution in [1.29, 1.82) is 0 Å². The van der Waals surface area contributed by atoms with Crippen molar-refractivity contribution in [3.05, 3.63) is 18.0 Å². The van der Waals surface area contributed by atoms with E-state index in [9.17, 15) is 8.42 Å². The number of H-pyrrole nitrogens is 1. The molecule has 1 fully saturated rings. The number of sulfonamides is 1. The molecular formula is C14H25N3O2S. The van der Waals surface area contributed by atoms with Crippen molar-refractivity contribution in [1.82, 2.24) is 14.6 Å². The largest absolute Gasteiger partial charge is 0.363 e. The molecule has 0 amide bonds. The van der Waals surface area contributed by atoms with E-state index in [0.717, 1.165) is 25.1 Å². The fourth-order valence-electron chi connectivity index (χ4n) is 2.70. The van der Waals surface area contributed by atoms with E-state index in [0.29, 0.717) is 23.9 Å². The van der Waals surface area contributed by atoms with E-state index in [-0.39, 0.29) is 6.04 Å². The molecule has 1 aromatic heterocycles. The molecule has 0 aromatic carbocycles. The third kappa shape index (κ3) is 3.07. The van der Waals surface area contributed by atoms with E-state index in [1.807, 2.05) is 13.8 Å². The van der Waals surface area contributed by atoms with Crippen LogP contribution in [0.3, 0.4) is 0 Å². The van der Waals surface area contributed by atoms with Gasteiger partial charge in [0, 0.05) is 31.0 Å². The molecule has 0 radical (unpaired) electrons. The predicted molar refractivity (Wildman–Crippen MR) is 79.9 cm³/mol. The van der Waals surface area contributed by atoms with Gasteiger partial charge in [0.1, 0.15) is 0 Å². The summed E-state index contributed by atoms with van der Waals surface area (Å²) in [6.45, 7) is 8.31. The van der Waals surface area contributed by atoms with Crippen molar-refractivity contribution in [2.45, 2.75) is 51.1 Å². The summed E-state index contributed by atoms with van der Waals surface area (Å²) < 4.78 is 27.1. The van der Waals surface area contributed by atoms with Crippen LogP contribution in [-0.4, -0.2) is 36.8 Å². The maximum absolute atomic E-state index is 12.7. The minimum atomic E-state index is -3.37. The van der Waals surface area contributed by atoms with Gasteiger partial charge in [0.05, 0.1) is 4.90 Å². The van der Waals surface area contributed by atoms with Crippen molar-refractivity contribution >= 4 is 10.0 Å². The highest BCUT2D eigenvalue weighted by Crippen LogP contribution is 2.28. The van der Waals surface area contributed by atoms with Crippen molar-refractivity contribution in [2.24, 2.45) is 5.92 Å². The van der Waals surface area contributed by atoms with Crippen LogP contribution < -0.4 is 5.32 Å². The number of aromatic amines is 1. The van der Waals surface area contributed by atoms with Crippen LogP contribution in [0.1, 0.15) is 39.3 Å². The fourth-order valence-corrected chi connectivity index (χ4v) is 4.49. The molecule has 6 heteroatoms. The van der Waals surface area contributed by atoms with Gasteiger partial charge in [0.2, 0.25) is 10.0 Å². The third-order valence-corrected chi connectivity index (χ3v) is 6.17. The molecule has 2 heterocycles. The quantitative estimate of drug-likeness (QED) is 0.873.